The average Bonchev–Trinajstić information content (AvgIpc) is 2.72. The summed E-state index contributed by atoms with van der Waals surface area (Å²) < 4.78 is 4.86. The van der Waals surface area contributed by atoms with Gasteiger partial charge in [-0.15, -0.1) is 0 Å². The minimum atomic E-state index is -0.296. The molecule has 17 heavy (non-hydrogen) atoms. The van der Waals surface area contributed by atoms with E-state index in [-0.39, 0.29) is 5.97 Å². The van der Waals surface area contributed by atoms with Crippen LogP contribution in [0, 0.1) is 0 Å². The molecule has 3 rings (SSSR count). The van der Waals surface area contributed by atoms with Crippen molar-refractivity contribution in [3.63, 3.8) is 0 Å². The number of benzene rings is 1. The van der Waals surface area contributed by atoms with E-state index in [1.807, 2.05) is 42.6 Å². The molecule has 3 heteroatoms. The predicted octanol–water partition coefficient (Wildman–Crippen LogP) is 3.06. The maximum atomic E-state index is 11.9. The fraction of sp³-hybridized carbons (Fsp3) is 0.0714. The van der Waals surface area contributed by atoms with E-state index in [9.17, 15) is 4.79 Å². The number of fused-ring (bicyclic) bond motifs is 3. The van der Waals surface area contributed by atoms with E-state index in [0.717, 1.165) is 22.0 Å². The van der Waals surface area contributed by atoms with E-state index in [2.05, 4.69) is 4.98 Å². The van der Waals surface area contributed by atoms with Gasteiger partial charge in [-0.1, -0.05) is 30.3 Å². The zero-order chi connectivity index (χ0) is 11.8. The third-order valence-corrected chi connectivity index (χ3v) is 2.98. The number of pyridine rings is 1. The van der Waals surface area contributed by atoms with Crippen LogP contribution >= 0.6 is 0 Å². The molecule has 0 atom stereocenters. The first-order chi connectivity index (χ1) is 8.33. The SMILES string of the molecule is COC(=O)c1c2ccc[nH]c-2c2ccccc12. The fourth-order valence-electron chi connectivity index (χ4n) is 2.25. The molecule has 0 radical (unpaired) electrons. The summed E-state index contributed by atoms with van der Waals surface area (Å²) in [6, 6.07) is 11.6. The molecule has 3 nitrogen and oxygen atoms in total. The second kappa shape index (κ2) is 3.63. The van der Waals surface area contributed by atoms with Crippen LogP contribution in [0.2, 0.25) is 0 Å². The summed E-state index contributed by atoms with van der Waals surface area (Å²) >= 11 is 0. The Bertz CT molecular complexity index is 669. The minimum Gasteiger partial charge on any atom is -0.465 e. The molecule has 1 heterocycles. The van der Waals surface area contributed by atoms with Gasteiger partial charge in [-0.25, -0.2) is 4.79 Å². The van der Waals surface area contributed by atoms with Crippen LogP contribution in [0.25, 0.3) is 22.0 Å². The Balaban J connectivity index is 2.48. The first kappa shape index (κ1) is 9.90. The zero-order valence-corrected chi connectivity index (χ0v) is 9.36. The second-order valence-corrected chi connectivity index (χ2v) is 3.87. The van der Waals surface area contributed by atoms with Crippen LogP contribution in [0.4, 0.5) is 0 Å². The maximum absolute atomic E-state index is 11.9. The van der Waals surface area contributed by atoms with Gasteiger partial charge in [0.05, 0.1) is 18.4 Å². The molecule has 0 amide bonds. The van der Waals surface area contributed by atoms with E-state index in [4.69, 9.17) is 4.74 Å². The van der Waals surface area contributed by atoms with Crippen LogP contribution in [-0.4, -0.2) is 18.1 Å². The third kappa shape index (κ3) is 1.32. The van der Waals surface area contributed by atoms with Crippen molar-refractivity contribution in [2.75, 3.05) is 7.11 Å². The van der Waals surface area contributed by atoms with E-state index < -0.39 is 0 Å². The summed E-state index contributed by atoms with van der Waals surface area (Å²) in [4.78, 5) is 15.1. The molecular formula is C14H11NO2. The van der Waals surface area contributed by atoms with Crippen LogP contribution in [0.3, 0.4) is 0 Å². The number of carbonyl (C=O) groups excluding carboxylic acids is 1. The summed E-state index contributed by atoms with van der Waals surface area (Å²) in [7, 11) is 1.41. The molecule has 0 spiro atoms. The largest absolute Gasteiger partial charge is 0.465 e. The van der Waals surface area contributed by atoms with Crippen molar-refractivity contribution >= 4 is 16.7 Å². The Morgan fingerprint density at radius 3 is 2.65 bits per heavy atom. The third-order valence-electron chi connectivity index (χ3n) is 2.98. The molecule has 1 aliphatic heterocycles. The number of methoxy groups -OCH3 is 1. The van der Waals surface area contributed by atoms with Gasteiger partial charge in [0.15, 0.2) is 0 Å². The number of carbonyl (C=O) groups is 1. The van der Waals surface area contributed by atoms with Gasteiger partial charge in [-0.2, -0.15) is 0 Å². The van der Waals surface area contributed by atoms with Gasteiger partial charge >= 0.3 is 5.97 Å². The molecule has 0 bridgehead atoms. The van der Waals surface area contributed by atoms with Crippen LogP contribution in [0.15, 0.2) is 42.6 Å². The standard InChI is InChI=1S/C14H11NO2/c1-17-14(16)12-9-5-2-3-6-10(9)13-11(12)7-4-8-15-13/h2-8,15H,1H3. The molecular weight excluding hydrogens is 214 g/mol. The molecule has 2 aliphatic rings. The zero-order valence-electron chi connectivity index (χ0n) is 9.36. The van der Waals surface area contributed by atoms with Gasteiger partial charge < -0.3 is 9.72 Å². The monoisotopic (exact) mass is 225 g/mol. The van der Waals surface area contributed by atoms with E-state index in [1.165, 1.54) is 7.11 Å². The number of hydrogen-bond donors (Lipinski definition) is 1. The Kier molecular flexibility index (Phi) is 2.11. The van der Waals surface area contributed by atoms with E-state index >= 15 is 0 Å². The summed E-state index contributed by atoms with van der Waals surface area (Å²) in [6.45, 7) is 0. The van der Waals surface area contributed by atoms with Crippen LogP contribution in [-0.2, 0) is 4.74 Å². The van der Waals surface area contributed by atoms with Gasteiger partial charge in [0, 0.05) is 17.1 Å². The average molecular weight is 225 g/mol. The molecule has 1 aliphatic carbocycles. The minimum absolute atomic E-state index is 0.296. The Hall–Kier alpha value is -2.29. The number of nitrogens with one attached hydrogen (secondary N) is 1. The molecule has 0 fully saturated rings. The van der Waals surface area contributed by atoms with Gasteiger partial charge in [0.2, 0.25) is 0 Å². The summed E-state index contributed by atoms with van der Waals surface area (Å²) in [5, 5.41) is 1.97. The number of hydrogen-bond acceptors (Lipinski definition) is 2. The second-order valence-electron chi connectivity index (χ2n) is 3.87. The number of ether oxygens (including phenoxy) is 1. The molecule has 1 aromatic rings. The highest BCUT2D eigenvalue weighted by Gasteiger charge is 2.22. The van der Waals surface area contributed by atoms with Crippen molar-refractivity contribution in [1.29, 1.82) is 0 Å². The van der Waals surface area contributed by atoms with Crippen molar-refractivity contribution in [2.24, 2.45) is 0 Å². The lowest BCUT2D eigenvalue weighted by molar-refractivity contribution is 0.0604. The first-order valence-corrected chi connectivity index (χ1v) is 5.39. The van der Waals surface area contributed by atoms with Gasteiger partial charge in [0.25, 0.3) is 0 Å². The highest BCUT2D eigenvalue weighted by atomic mass is 16.5. The fourth-order valence-corrected chi connectivity index (χ4v) is 2.25. The molecule has 0 unspecified atom stereocenters. The quantitative estimate of drug-likeness (QED) is 0.647. The predicted molar refractivity (Wildman–Crippen MR) is 66.3 cm³/mol. The molecule has 1 aromatic carbocycles. The Labute approximate surface area is 98.4 Å². The molecule has 0 saturated carbocycles. The summed E-state index contributed by atoms with van der Waals surface area (Å²) in [5.74, 6) is -0.296. The lowest BCUT2D eigenvalue weighted by atomic mass is 10.1. The lowest BCUT2D eigenvalue weighted by Crippen LogP contribution is -2.01. The van der Waals surface area contributed by atoms with Gasteiger partial charge in [-0.3, -0.25) is 0 Å². The van der Waals surface area contributed by atoms with E-state index in [1.54, 1.807) is 0 Å². The van der Waals surface area contributed by atoms with Crippen LogP contribution < -0.4 is 0 Å². The highest BCUT2D eigenvalue weighted by molar-refractivity contribution is 6.17. The molecule has 1 N–H and O–H groups in total. The lowest BCUT2D eigenvalue weighted by Gasteiger charge is -2.01. The van der Waals surface area contributed by atoms with Crippen LogP contribution in [0.5, 0.6) is 0 Å². The Morgan fingerprint density at radius 2 is 1.88 bits per heavy atom. The molecule has 0 saturated heterocycles. The smallest absolute Gasteiger partial charge is 0.339 e. The number of rotatable bonds is 1. The molecule has 0 aromatic heterocycles. The van der Waals surface area contributed by atoms with Gasteiger partial charge in [0.1, 0.15) is 0 Å². The van der Waals surface area contributed by atoms with Crippen molar-refractivity contribution in [3.05, 3.63) is 48.2 Å². The van der Waals surface area contributed by atoms with E-state index in [0.29, 0.717) is 5.56 Å². The van der Waals surface area contributed by atoms with Crippen molar-refractivity contribution in [3.8, 4) is 11.3 Å². The molecule has 84 valence electrons. The first-order valence-electron chi connectivity index (χ1n) is 5.39. The van der Waals surface area contributed by atoms with Crippen molar-refractivity contribution in [2.45, 2.75) is 0 Å². The normalized spacial score (nSPS) is 10.9. The number of H-pyrrole nitrogens is 1. The summed E-state index contributed by atoms with van der Waals surface area (Å²) in [5.41, 5.74) is 2.51. The topological polar surface area (TPSA) is 42.1 Å². The Morgan fingerprint density at radius 1 is 1.12 bits per heavy atom. The van der Waals surface area contributed by atoms with Crippen molar-refractivity contribution < 1.29 is 9.53 Å². The van der Waals surface area contributed by atoms with Crippen molar-refractivity contribution in [1.82, 2.24) is 4.98 Å². The van der Waals surface area contributed by atoms with Crippen LogP contribution in [0.1, 0.15) is 10.4 Å². The maximum Gasteiger partial charge on any atom is 0.339 e. The van der Waals surface area contributed by atoms with Gasteiger partial charge in [-0.05, 0) is 11.5 Å². The highest BCUT2D eigenvalue weighted by Crippen LogP contribution is 2.37. The summed E-state index contributed by atoms with van der Waals surface area (Å²) in [6.07, 6.45) is 1.86. The number of aromatic nitrogens is 1. The number of aromatic amines is 1. The number of esters is 1.